The van der Waals surface area contributed by atoms with Gasteiger partial charge in [0.2, 0.25) is 0 Å². The lowest BCUT2D eigenvalue weighted by atomic mass is 10.2. The number of hydrogen-bond acceptors (Lipinski definition) is 3. The van der Waals surface area contributed by atoms with Gasteiger partial charge < -0.3 is 14.8 Å². The molecular weight excluding hydrogens is 250 g/mol. The van der Waals surface area contributed by atoms with Crippen LogP contribution in [0.3, 0.4) is 0 Å². The fraction of sp³-hybridized carbons (Fsp3) is 0.429. The van der Waals surface area contributed by atoms with Gasteiger partial charge in [-0.1, -0.05) is 37.2 Å². The van der Waals surface area contributed by atoms with Crippen LogP contribution < -0.4 is 14.8 Å². The molecule has 0 heterocycles. The molecule has 4 heteroatoms. The van der Waals surface area contributed by atoms with Gasteiger partial charge in [-0.2, -0.15) is 0 Å². The standard InChI is InChI=1S/C14H20ClNO2/c1-4-8-16-9-12-6-5-7-13(17-3)14(12)18-10-11(2)15/h5-7,16H,2,4,8-10H2,1,3H3. The summed E-state index contributed by atoms with van der Waals surface area (Å²) in [5, 5.41) is 3.81. The Balaban J connectivity index is 2.82. The van der Waals surface area contributed by atoms with Crippen molar-refractivity contribution in [3.8, 4) is 11.5 Å². The summed E-state index contributed by atoms with van der Waals surface area (Å²) < 4.78 is 11.0. The average Bonchev–Trinajstić information content (AvgIpc) is 2.37. The van der Waals surface area contributed by atoms with E-state index in [1.165, 1.54) is 0 Å². The van der Waals surface area contributed by atoms with Crippen LogP contribution in [0, 0.1) is 0 Å². The van der Waals surface area contributed by atoms with E-state index in [9.17, 15) is 0 Å². The van der Waals surface area contributed by atoms with Crippen LogP contribution in [0.4, 0.5) is 0 Å². The van der Waals surface area contributed by atoms with Crippen molar-refractivity contribution in [2.75, 3.05) is 20.3 Å². The second-order valence-corrected chi connectivity index (χ2v) is 4.47. The lowest BCUT2D eigenvalue weighted by molar-refractivity contribution is 0.320. The fourth-order valence-corrected chi connectivity index (χ4v) is 1.63. The largest absolute Gasteiger partial charge is 0.493 e. The molecular formula is C14H20ClNO2. The summed E-state index contributed by atoms with van der Waals surface area (Å²) in [7, 11) is 1.63. The summed E-state index contributed by atoms with van der Waals surface area (Å²) in [6.07, 6.45) is 1.10. The van der Waals surface area contributed by atoms with Gasteiger partial charge in [0, 0.05) is 17.1 Å². The van der Waals surface area contributed by atoms with Crippen molar-refractivity contribution in [1.82, 2.24) is 5.32 Å². The van der Waals surface area contributed by atoms with E-state index in [-0.39, 0.29) is 6.61 Å². The van der Waals surface area contributed by atoms with Gasteiger partial charge in [-0.25, -0.2) is 0 Å². The Morgan fingerprint density at radius 1 is 1.44 bits per heavy atom. The van der Waals surface area contributed by atoms with E-state index in [1.54, 1.807) is 7.11 Å². The van der Waals surface area contributed by atoms with Crippen molar-refractivity contribution in [3.05, 3.63) is 35.4 Å². The predicted octanol–water partition coefficient (Wildman–Crippen LogP) is 3.33. The number of ether oxygens (including phenoxy) is 2. The number of para-hydroxylation sites is 1. The number of halogens is 1. The number of rotatable bonds is 8. The van der Waals surface area contributed by atoms with E-state index in [1.807, 2.05) is 18.2 Å². The summed E-state index contributed by atoms with van der Waals surface area (Å²) in [5.74, 6) is 1.44. The van der Waals surface area contributed by atoms with Gasteiger partial charge in [0.15, 0.2) is 11.5 Å². The van der Waals surface area contributed by atoms with Crippen molar-refractivity contribution in [3.63, 3.8) is 0 Å². The van der Waals surface area contributed by atoms with Gasteiger partial charge in [0.25, 0.3) is 0 Å². The van der Waals surface area contributed by atoms with Gasteiger partial charge >= 0.3 is 0 Å². The maximum atomic E-state index is 5.73. The number of hydrogen-bond donors (Lipinski definition) is 1. The minimum atomic E-state index is 0.280. The third-order valence-corrected chi connectivity index (χ3v) is 2.50. The monoisotopic (exact) mass is 269 g/mol. The quantitative estimate of drug-likeness (QED) is 0.735. The van der Waals surface area contributed by atoms with Crippen molar-refractivity contribution in [2.24, 2.45) is 0 Å². The van der Waals surface area contributed by atoms with Gasteiger partial charge in [-0.05, 0) is 19.0 Å². The number of nitrogens with one attached hydrogen (secondary N) is 1. The van der Waals surface area contributed by atoms with Crippen molar-refractivity contribution < 1.29 is 9.47 Å². The smallest absolute Gasteiger partial charge is 0.166 e. The molecule has 0 fully saturated rings. The molecule has 0 radical (unpaired) electrons. The molecule has 0 amide bonds. The SMILES string of the molecule is C=C(Cl)COc1c(CNCCC)cccc1OC. The fourth-order valence-electron chi connectivity index (χ4n) is 1.58. The third kappa shape index (κ3) is 4.59. The minimum Gasteiger partial charge on any atom is -0.493 e. The Hall–Kier alpha value is -1.19. The number of methoxy groups -OCH3 is 1. The third-order valence-electron chi connectivity index (χ3n) is 2.40. The van der Waals surface area contributed by atoms with Crippen LogP contribution in [0.25, 0.3) is 0 Å². The first-order valence-electron chi connectivity index (χ1n) is 6.01. The molecule has 0 bridgehead atoms. The Morgan fingerprint density at radius 2 is 2.22 bits per heavy atom. The highest BCUT2D eigenvalue weighted by Gasteiger charge is 2.10. The molecule has 3 nitrogen and oxygen atoms in total. The van der Waals surface area contributed by atoms with Crippen molar-refractivity contribution in [2.45, 2.75) is 19.9 Å². The van der Waals surface area contributed by atoms with Crippen LogP contribution in [-0.2, 0) is 6.54 Å². The Bertz CT molecular complexity index is 393. The highest BCUT2D eigenvalue weighted by atomic mass is 35.5. The Morgan fingerprint density at radius 3 is 2.83 bits per heavy atom. The molecule has 0 aliphatic heterocycles. The Labute approximate surface area is 114 Å². The molecule has 1 aromatic rings. The summed E-state index contributed by atoms with van der Waals surface area (Å²) in [5.41, 5.74) is 1.06. The lowest BCUT2D eigenvalue weighted by Gasteiger charge is -2.15. The van der Waals surface area contributed by atoms with Gasteiger partial charge in [0.1, 0.15) is 6.61 Å². The summed E-state index contributed by atoms with van der Waals surface area (Å²) in [6, 6.07) is 5.83. The first-order chi connectivity index (χ1) is 8.69. The first kappa shape index (κ1) is 14.9. The van der Waals surface area contributed by atoms with Gasteiger partial charge in [0.05, 0.1) is 7.11 Å². The zero-order valence-corrected chi connectivity index (χ0v) is 11.7. The Kier molecular flexibility index (Phi) is 6.61. The molecule has 0 spiro atoms. The second kappa shape index (κ2) is 8.01. The van der Waals surface area contributed by atoms with Crippen LogP contribution >= 0.6 is 11.6 Å². The second-order valence-electron chi connectivity index (χ2n) is 3.93. The molecule has 0 saturated heterocycles. The molecule has 1 N–H and O–H groups in total. The van der Waals surface area contributed by atoms with Gasteiger partial charge in [-0.15, -0.1) is 0 Å². The van der Waals surface area contributed by atoms with Crippen LogP contribution in [0.15, 0.2) is 29.8 Å². The van der Waals surface area contributed by atoms with E-state index in [2.05, 4.69) is 18.8 Å². The molecule has 1 rings (SSSR count). The van der Waals surface area contributed by atoms with Crippen molar-refractivity contribution in [1.29, 1.82) is 0 Å². The van der Waals surface area contributed by atoms with Gasteiger partial charge in [-0.3, -0.25) is 0 Å². The zero-order valence-electron chi connectivity index (χ0n) is 11.0. The molecule has 1 aromatic carbocycles. The van der Waals surface area contributed by atoms with Crippen LogP contribution in [0.5, 0.6) is 11.5 Å². The highest BCUT2D eigenvalue weighted by Crippen LogP contribution is 2.31. The molecule has 100 valence electrons. The van der Waals surface area contributed by atoms with Crippen molar-refractivity contribution >= 4 is 11.6 Å². The van der Waals surface area contributed by atoms with E-state index >= 15 is 0 Å². The van der Waals surface area contributed by atoms with E-state index in [0.29, 0.717) is 10.8 Å². The summed E-state index contributed by atoms with van der Waals surface area (Å²) in [4.78, 5) is 0. The lowest BCUT2D eigenvalue weighted by Crippen LogP contribution is -2.15. The summed E-state index contributed by atoms with van der Waals surface area (Å²) in [6.45, 7) is 7.74. The first-order valence-corrected chi connectivity index (χ1v) is 6.39. The maximum Gasteiger partial charge on any atom is 0.166 e. The minimum absolute atomic E-state index is 0.280. The predicted molar refractivity (Wildman–Crippen MR) is 75.5 cm³/mol. The van der Waals surface area contributed by atoms with E-state index < -0.39 is 0 Å². The normalized spacial score (nSPS) is 10.2. The molecule has 0 aliphatic rings. The molecule has 0 atom stereocenters. The molecule has 0 unspecified atom stereocenters. The maximum absolute atomic E-state index is 5.73. The zero-order chi connectivity index (χ0) is 13.4. The van der Waals surface area contributed by atoms with Crippen LogP contribution in [-0.4, -0.2) is 20.3 Å². The molecule has 0 saturated carbocycles. The average molecular weight is 270 g/mol. The molecule has 18 heavy (non-hydrogen) atoms. The summed E-state index contributed by atoms with van der Waals surface area (Å²) >= 11 is 5.73. The van der Waals surface area contributed by atoms with E-state index in [4.69, 9.17) is 21.1 Å². The highest BCUT2D eigenvalue weighted by molar-refractivity contribution is 6.29. The van der Waals surface area contributed by atoms with Crippen LogP contribution in [0.2, 0.25) is 0 Å². The van der Waals surface area contributed by atoms with E-state index in [0.717, 1.165) is 30.8 Å². The number of benzene rings is 1. The topological polar surface area (TPSA) is 30.5 Å². The van der Waals surface area contributed by atoms with Crippen LogP contribution in [0.1, 0.15) is 18.9 Å². The molecule has 0 aliphatic carbocycles. The molecule has 0 aromatic heterocycles.